The van der Waals surface area contributed by atoms with Crippen molar-refractivity contribution in [1.82, 2.24) is 0 Å². The quantitative estimate of drug-likeness (QED) is 0.408. The molecule has 4 aliphatic rings. The first kappa shape index (κ1) is 24.9. The van der Waals surface area contributed by atoms with Gasteiger partial charge in [-0.05, 0) is 97.7 Å². The molecule has 4 aliphatic carbocycles. The van der Waals surface area contributed by atoms with E-state index in [2.05, 4.69) is 20.8 Å². The molecule has 0 aliphatic heterocycles. The van der Waals surface area contributed by atoms with Gasteiger partial charge in [0.2, 0.25) is 0 Å². The zero-order valence-electron chi connectivity index (χ0n) is 20.5. The molecule has 4 saturated carbocycles. The largest absolute Gasteiger partial charge is 0.396 e. The van der Waals surface area contributed by atoms with Crippen LogP contribution >= 0.6 is 0 Å². The van der Waals surface area contributed by atoms with Gasteiger partial charge in [0.15, 0.2) is 0 Å². The minimum atomic E-state index is -0.332. The first-order valence-electron chi connectivity index (χ1n) is 13.4. The first-order valence-corrected chi connectivity index (χ1v) is 13.4. The van der Waals surface area contributed by atoms with Crippen LogP contribution in [0.5, 0.6) is 0 Å². The monoisotopic (exact) mass is 452 g/mol. The second kappa shape index (κ2) is 9.45. The third kappa shape index (κ3) is 3.98. The van der Waals surface area contributed by atoms with E-state index in [1.165, 1.54) is 0 Å². The lowest BCUT2D eigenvalue weighted by atomic mass is 9.43. The molecule has 0 unspecified atom stereocenters. The first-order chi connectivity index (χ1) is 15.2. The van der Waals surface area contributed by atoms with Gasteiger partial charge in [0.05, 0.1) is 18.3 Å². The van der Waals surface area contributed by atoms with Gasteiger partial charge in [-0.3, -0.25) is 0 Å². The predicted molar refractivity (Wildman–Crippen MR) is 125 cm³/mol. The Morgan fingerprint density at radius 3 is 2.28 bits per heavy atom. The number of aliphatic hydroxyl groups is 5. The Labute approximate surface area is 194 Å². The molecule has 4 fully saturated rings. The van der Waals surface area contributed by atoms with Gasteiger partial charge in [-0.1, -0.05) is 33.6 Å². The van der Waals surface area contributed by atoms with Gasteiger partial charge >= 0.3 is 0 Å². The smallest absolute Gasteiger partial charge is 0.0602 e. The molecule has 0 saturated heterocycles. The Balaban J connectivity index is 1.50. The minimum absolute atomic E-state index is 0.0183. The van der Waals surface area contributed by atoms with E-state index < -0.39 is 0 Å². The van der Waals surface area contributed by atoms with Crippen molar-refractivity contribution in [2.75, 3.05) is 13.2 Å². The highest BCUT2D eigenvalue weighted by Gasteiger charge is 2.65. The van der Waals surface area contributed by atoms with Crippen molar-refractivity contribution in [2.24, 2.45) is 52.3 Å². The third-order valence-electron chi connectivity index (χ3n) is 11.3. The van der Waals surface area contributed by atoms with Crippen LogP contribution in [-0.2, 0) is 0 Å². The van der Waals surface area contributed by atoms with E-state index in [0.29, 0.717) is 29.6 Å². The van der Waals surface area contributed by atoms with Crippen molar-refractivity contribution in [3.63, 3.8) is 0 Å². The van der Waals surface area contributed by atoms with Crippen LogP contribution in [0.2, 0.25) is 0 Å². The summed E-state index contributed by atoms with van der Waals surface area (Å²) in [7, 11) is 0. The van der Waals surface area contributed by atoms with Crippen LogP contribution < -0.4 is 0 Å². The van der Waals surface area contributed by atoms with E-state index >= 15 is 0 Å². The molecule has 11 atom stereocenters. The third-order valence-corrected chi connectivity index (χ3v) is 11.3. The van der Waals surface area contributed by atoms with Gasteiger partial charge in [0.25, 0.3) is 0 Å². The summed E-state index contributed by atoms with van der Waals surface area (Å²) in [5.41, 5.74) is -0.0228. The molecule has 32 heavy (non-hydrogen) atoms. The lowest BCUT2D eigenvalue weighted by Crippen LogP contribution is -2.62. The molecule has 0 bridgehead atoms. The van der Waals surface area contributed by atoms with Crippen molar-refractivity contribution in [2.45, 2.75) is 103 Å². The summed E-state index contributed by atoms with van der Waals surface area (Å²) in [6.45, 7) is 7.11. The number of rotatable bonds is 7. The van der Waals surface area contributed by atoms with Crippen molar-refractivity contribution in [1.29, 1.82) is 0 Å². The Morgan fingerprint density at radius 1 is 0.875 bits per heavy atom. The average molecular weight is 453 g/mol. The zero-order chi connectivity index (χ0) is 23.3. The molecular formula is C27H48O5. The lowest BCUT2D eigenvalue weighted by molar-refractivity contribution is -0.207. The number of fused-ring (bicyclic) bond motifs is 5. The van der Waals surface area contributed by atoms with Crippen molar-refractivity contribution >= 4 is 0 Å². The van der Waals surface area contributed by atoms with Crippen LogP contribution in [0.4, 0.5) is 0 Å². The summed E-state index contributed by atoms with van der Waals surface area (Å²) in [6, 6.07) is 0. The molecule has 5 heteroatoms. The van der Waals surface area contributed by atoms with Crippen LogP contribution in [0.15, 0.2) is 0 Å². The molecule has 0 heterocycles. The Kier molecular flexibility index (Phi) is 7.36. The molecular weight excluding hydrogens is 404 g/mol. The van der Waals surface area contributed by atoms with Crippen LogP contribution in [-0.4, -0.2) is 57.1 Å². The van der Waals surface area contributed by atoms with Gasteiger partial charge in [-0.2, -0.15) is 0 Å². The average Bonchev–Trinajstić information content (AvgIpc) is 3.12. The summed E-state index contributed by atoms with van der Waals surface area (Å²) >= 11 is 0. The standard InChI is InChI=1S/C27H48O5/c1-16(5-4-6-17(14-28)15-29)20-7-8-21-25-22(13-24(32)27(20,21)3)26(2)10-9-19(30)11-18(26)12-23(25)31/h16-25,28-32H,4-15H2,1-3H3/t16-,18+,19-,20-,21-,22+,23-,24+,25+,26+,27-/m1/s1. The molecule has 5 nitrogen and oxygen atoms in total. The SMILES string of the molecule is C[C@H](CCCC(CO)CO)[C@H]1CC[C@@H]2[C@@H]3[C@H](O)C[C@@H]4C[C@H](O)CC[C@]4(C)[C@H]3C[C@H](O)[C@@]21C. The van der Waals surface area contributed by atoms with Crippen molar-refractivity contribution < 1.29 is 25.5 Å². The van der Waals surface area contributed by atoms with Gasteiger partial charge in [0, 0.05) is 19.1 Å². The fourth-order valence-electron chi connectivity index (χ4n) is 9.30. The number of aliphatic hydroxyl groups excluding tert-OH is 5. The minimum Gasteiger partial charge on any atom is -0.396 e. The molecule has 4 rings (SSSR count). The summed E-state index contributed by atoms with van der Waals surface area (Å²) < 4.78 is 0. The van der Waals surface area contributed by atoms with E-state index in [1.54, 1.807) is 0 Å². The summed E-state index contributed by atoms with van der Waals surface area (Å²) in [6.07, 6.45) is 8.51. The fraction of sp³-hybridized carbons (Fsp3) is 1.00. The van der Waals surface area contributed by atoms with Gasteiger partial charge in [-0.25, -0.2) is 0 Å². The van der Waals surface area contributed by atoms with Crippen LogP contribution in [0.25, 0.3) is 0 Å². The zero-order valence-corrected chi connectivity index (χ0v) is 20.5. The van der Waals surface area contributed by atoms with Gasteiger partial charge < -0.3 is 25.5 Å². The normalized spacial score (nSPS) is 49.4. The lowest BCUT2D eigenvalue weighted by Gasteiger charge is -2.63. The highest BCUT2D eigenvalue weighted by Crippen LogP contribution is 2.68. The number of hydrogen-bond donors (Lipinski definition) is 5. The Morgan fingerprint density at radius 2 is 1.59 bits per heavy atom. The van der Waals surface area contributed by atoms with Crippen LogP contribution in [0.3, 0.4) is 0 Å². The maximum atomic E-state index is 11.6. The second-order valence-electron chi connectivity index (χ2n) is 12.7. The van der Waals surface area contributed by atoms with E-state index in [4.69, 9.17) is 0 Å². The predicted octanol–water partition coefficient (Wildman–Crippen LogP) is 3.36. The Bertz CT molecular complexity index is 638. The molecule has 0 spiro atoms. The highest BCUT2D eigenvalue weighted by molar-refractivity contribution is 5.14. The van der Waals surface area contributed by atoms with Gasteiger partial charge in [0.1, 0.15) is 0 Å². The topological polar surface area (TPSA) is 101 Å². The maximum absolute atomic E-state index is 11.6. The fourth-order valence-corrected chi connectivity index (χ4v) is 9.30. The van der Waals surface area contributed by atoms with Crippen LogP contribution in [0, 0.1) is 52.3 Å². The Hall–Kier alpha value is -0.200. The molecule has 0 amide bonds. The molecule has 0 aromatic carbocycles. The highest BCUT2D eigenvalue weighted by atomic mass is 16.3. The summed E-state index contributed by atoms with van der Waals surface area (Å²) in [5, 5.41) is 52.0. The van der Waals surface area contributed by atoms with E-state index in [-0.39, 0.29) is 54.2 Å². The molecule has 186 valence electrons. The molecule has 0 aromatic rings. The maximum Gasteiger partial charge on any atom is 0.0602 e. The summed E-state index contributed by atoms with van der Waals surface area (Å²) in [5.74, 6) is 2.27. The molecule has 5 N–H and O–H groups in total. The summed E-state index contributed by atoms with van der Waals surface area (Å²) in [4.78, 5) is 0. The van der Waals surface area contributed by atoms with Crippen molar-refractivity contribution in [3.8, 4) is 0 Å². The molecule has 0 aromatic heterocycles. The second-order valence-corrected chi connectivity index (χ2v) is 12.7. The van der Waals surface area contributed by atoms with Gasteiger partial charge in [-0.15, -0.1) is 0 Å². The molecule has 0 radical (unpaired) electrons. The van der Waals surface area contributed by atoms with Crippen LogP contribution in [0.1, 0.15) is 85.0 Å². The van der Waals surface area contributed by atoms with E-state index in [0.717, 1.165) is 64.2 Å². The van der Waals surface area contributed by atoms with E-state index in [9.17, 15) is 25.5 Å². The van der Waals surface area contributed by atoms with E-state index in [1.807, 2.05) is 0 Å². The van der Waals surface area contributed by atoms with Crippen molar-refractivity contribution in [3.05, 3.63) is 0 Å². The number of hydrogen-bond acceptors (Lipinski definition) is 5.